The Hall–Kier alpha value is -1.12. The smallest absolute Gasteiger partial charge is 0.342 e. The Morgan fingerprint density at radius 2 is 1.56 bits per heavy atom. The van der Waals surface area contributed by atoms with Crippen LogP contribution in [0.15, 0.2) is 6.07 Å². The largest absolute Gasteiger partial charge is 0.350 e. The summed E-state index contributed by atoms with van der Waals surface area (Å²) >= 11 is 0. The molecule has 90 valence electrons. The predicted octanol–water partition coefficient (Wildman–Crippen LogP) is 2.51. The number of nitrogens with zero attached hydrogens (tertiary/aromatic N) is 2. The zero-order valence-electron chi connectivity index (χ0n) is 11.4. The van der Waals surface area contributed by atoms with Crippen LogP contribution in [-0.4, -0.2) is 10.2 Å². The van der Waals surface area contributed by atoms with Crippen LogP contribution >= 0.6 is 0 Å². The van der Waals surface area contributed by atoms with E-state index in [2.05, 4.69) is 25.8 Å². The quantitative estimate of drug-likeness (QED) is 0.542. The SMILES string of the molecule is Cc1cc(C(C)(C)C)[n+](O)c(C(C)(C)C)n1. The summed E-state index contributed by atoms with van der Waals surface area (Å²) in [5.41, 5.74) is 1.58. The molecule has 0 saturated heterocycles. The second kappa shape index (κ2) is 3.72. The number of aromatic nitrogens is 2. The molecule has 0 bridgehead atoms. The van der Waals surface area contributed by atoms with Crippen molar-refractivity contribution in [2.24, 2.45) is 0 Å². The Morgan fingerprint density at radius 1 is 1.06 bits per heavy atom. The molecular formula is C13H23N2O+. The lowest BCUT2D eigenvalue weighted by Gasteiger charge is -2.20. The molecule has 1 heterocycles. The van der Waals surface area contributed by atoms with Gasteiger partial charge in [0.15, 0.2) is 11.4 Å². The van der Waals surface area contributed by atoms with Gasteiger partial charge in [0, 0.05) is 18.4 Å². The lowest BCUT2D eigenvalue weighted by molar-refractivity contribution is -0.920. The molecule has 16 heavy (non-hydrogen) atoms. The van der Waals surface area contributed by atoms with Crippen molar-refractivity contribution in [1.29, 1.82) is 0 Å². The summed E-state index contributed by atoms with van der Waals surface area (Å²) in [7, 11) is 0. The van der Waals surface area contributed by atoms with E-state index >= 15 is 0 Å². The summed E-state index contributed by atoms with van der Waals surface area (Å²) < 4.78 is 1.24. The fourth-order valence-electron chi connectivity index (χ4n) is 1.64. The maximum Gasteiger partial charge on any atom is 0.342 e. The Kier molecular flexibility index (Phi) is 3.01. The summed E-state index contributed by atoms with van der Waals surface area (Å²) in [6.45, 7) is 14.4. The maximum atomic E-state index is 10.2. The Labute approximate surface area is 98.1 Å². The standard InChI is InChI=1S/C13H23N2O/c1-9-8-10(12(2,3)4)15(16)11(14-9)13(5,6)7/h8,16H,1-7H3/q+1. The van der Waals surface area contributed by atoms with Gasteiger partial charge in [-0.25, -0.2) is 0 Å². The van der Waals surface area contributed by atoms with Gasteiger partial charge in [-0.2, -0.15) is 0 Å². The molecular weight excluding hydrogens is 200 g/mol. The van der Waals surface area contributed by atoms with E-state index in [4.69, 9.17) is 0 Å². The van der Waals surface area contributed by atoms with Crippen LogP contribution < -0.4 is 4.73 Å². The van der Waals surface area contributed by atoms with Crippen molar-refractivity contribution >= 4 is 0 Å². The van der Waals surface area contributed by atoms with Crippen molar-refractivity contribution < 1.29 is 9.94 Å². The van der Waals surface area contributed by atoms with Gasteiger partial charge in [-0.3, -0.25) is 0 Å². The average Bonchev–Trinajstić information content (AvgIpc) is 2.04. The molecule has 0 unspecified atom stereocenters. The molecule has 0 amide bonds. The first kappa shape index (κ1) is 12.9. The van der Waals surface area contributed by atoms with Crippen molar-refractivity contribution in [3.05, 3.63) is 23.3 Å². The molecule has 0 aliphatic rings. The minimum Gasteiger partial charge on any atom is -0.350 e. The predicted molar refractivity (Wildman–Crippen MR) is 63.8 cm³/mol. The Morgan fingerprint density at radius 3 is 1.94 bits per heavy atom. The van der Waals surface area contributed by atoms with Gasteiger partial charge < -0.3 is 5.21 Å². The van der Waals surface area contributed by atoms with E-state index in [1.54, 1.807) is 0 Å². The van der Waals surface area contributed by atoms with Crippen molar-refractivity contribution in [2.75, 3.05) is 0 Å². The number of rotatable bonds is 0. The summed E-state index contributed by atoms with van der Waals surface area (Å²) in [6, 6.07) is 1.94. The molecule has 0 aliphatic heterocycles. The first-order valence-electron chi connectivity index (χ1n) is 5.67. The van der Waals surface area contributed by atoms with Crippen LogP contribution in [0.1, 0.15) is 58.8 Å². The molecule has 3 heteroatoms. The summed E-state index contributed by atoms with van der Waals surface area (Å²) in [4.78, 5) is 4.43. The third kappa shape index (κ3) is 2.52. The molecule has 0 aromatic carbocycles. The molecule has 0 fully saturated rings. The van der Waals surface area contributed by atoms with Gasteiger partial charge in [0.1, 0.15) is 0 Å². The first-order chi connectivity index (χ1) is 7.03. The van der Waals surface area contributed by atoms with Crippen molar-refractivity contribution in [2.45, 2.75) is 59.3 Å². The van der Waals surface area contributed by atoms with Crippen molar-refractivity contribution in [3.8, 4) is 0 Å². The van der Waals surface area contributed by atoms with Gasteiger partial charge in [-0.05, 0) is 30.5 Å². The van der Waals surface area contributed by atoms with Crippen LogP contribution in [0.25, 0.3) is 0 Å². The van der Waals surface area contributed by atoms with Gasteiger partial charge in [0.05, 0.1) is 5.41 Å². The van der Waals surface area contributed by atoms with Crippen LogP contribution in [0.5, 0.6) is 0 Å². The second-order valence-corrected chi connectivity index (χ2v) is 6.42. The minimum atomic E-state index is -0.166. The molecule has 1 aromatic heterocycles. The molecule has 1 N–H and O–H groups in total. The van der Waals surface area contributed by atoms with Crippen LogP contribution in [0.3, 0.4) is 0 Å². The zero-order valence-corrected chi connectivity index (χ0v) is 11.4. The van der Waals surface area contributed by atoms with Crippen LogP contribution in [-0.2, 0) is 10.8 Å². The van der Waals surface area contributed by atoms with Crippen LogP contribution in [0.2, 0.25) is 0 Å². The highest BCUT2D eigenvalue weighted by Crippen LogP contribution is 2.23. The van der Waals surface area contributed by atoms with E-state index in [0.29, 0.717) is 5.82 Å². The molecule has 0 saturated carbocycles. The summed E-state index contributed by atoms with van der Waals surface area (Å²) in [5, 5.41) is 10.2. The molecule has 1 rings (SSSR count). The van der Waals surface area contributed by atoms with E-state index in [1.807, 2.05) is 33.8 Å². The van der Waals surface area contributed by atoms with Crippen molar-refractivity contribution in [1.82, 2.24) is 4.98 Å². The number of hydrogen-bond donors (Lipinski definition) is 1. The first-order valence-corrected chi connectivity index (χ1v) is 5.67. The van der Waals surface area contributed by atoms with Gasteiger partial charge in [-0.15, -0.1) is 0 Å². The Bertz CT molecular complexity index is 362. The zero-order chi connectivity index (χ0) is 12.7. The third-order valence-corrected chi connectivity index (χ3v) is 2.50. The van der Waals surface area contributed by atoms with Gasteiger partial charge in [0.25, 0.3) is 0 Å². The lowest BCUT2D eigenvalue weighted by Crippen LogP contribution is -2.49. The topological polar surface area (TPSA) is 37.0 Å². The highest BCUT2D eigenvalue weighted by Gasteiger charge is 2.34. The lowest BCUT2D eigenvalue weighted by atomic mass is 9.89. The van der Waals surface area contributed by atoms with Gasteiger partial charge in [-0.1, -0.05) is 20.8 Å². The summed E-state index contributed by atoms with van der Waals surface area (Å²) in [6.07, 6.45) is 0. The average molecular weight is 223 g/mol. The minimum absolute atomic E-state index is 0.0948. The van der Waals surface area contributed by atoms with E-state index in [-0.39, 0.29) is 10.8 Å². The fraction of sp³-hybridized carbons (Fsp3) is 0.692. The normalized spacial score (nSPS) is 12.9. The summed E-state index contributed by atoms with van der Waals surface area (Å²) in [5.74, 6) is 0.706. The second-order valence-electron chi connectivity index (χ2n) is 6.42. The van der Waals surface area contributed by atoms with E-state index in [0.717, 1.165) is 11.4 Å². The van der Waals surface area contributed by atoms with E-state index < -0.39 is 0 Å². The van der Waals surface area contributed by atoms with Gasteiger partial charge in [0.2, 0.25) is 0 Å². The van der Waals surface area contributed by atoms with Gasteiger partial charge >= 0.3 is 5.82 Å². The molecule has 0 radical (unpaired) electrons. The number of hydrogen-bond acceptors (Lipinski definition) is 2. The van der Waals surface area contributed by atoms with E-state index in [1.165, 1.54) is 4.73 Å². The monoisotopic (exact) mass is 223 g/mol. The Balaban J connectivity index is 3.51. The van der Waals surface area contributed by atoms with Crippen LogP contribution in [0.4, 0.5) is 0 Å². The molecule has 3 nitrogen and oxygen atoms in total. The highest BCUT2D eigenvalue weighted by atomic mass is 16.5. The highest BCUT2D eigenvalue weighted by molar-refractivity contribution is 5.13. The molecule has 1 aromatic rings. The molecule has 0 atom stereocenters. The fourth-order valence-corrected chi connectivity index (χ4v) is 1.64. The van der Waals surface area contributed by atoms with Crippen LogP contribution in [0, 0.1) is 6.92 Å². The third-order valence-electron chi connectivity index (χ3n) is 2.50. The van der Waals surface area contributed by atoms with E-state index in [9.17, 15) is 5.21 Å². The molecule has 0 aliphatic carbocycles. The molecule has 0 spiro atoms. The van der Waals surface area contributed by atoms with Crippen molar-refractivity contribution in [3.63, 3.8) is 0 Å². The maximum absolute atomic E-state index is 10.2. The number of aryl methyl sites for hydroxylation is 1.